The third kappa shape index (κ3) is 3.73. The summed E-state index contributed by atoms with van der Waals surface area (Å²) in [5.41, 5.74) is 0.877. The van der Waals surface area contributed by atoms with Crippen LogP contribution in [0.1, 0.15) is 0 Å². The highest BCUT2D eigenvalue weighted by Gasteiger charge is 2.31. The lowest BCUT2D eigenvalue weighted by atomic mass is 10.2. The second kappa shape index (κ2) is 7.19. The molecular formula is C17H18ClFN2O3S. The number of benzene rings is 2. The molecule has 5 nitrogen and oxygen atoms in total. The molecule has 1 saturated heterocycles. The van der Waals surface area contributed by atoms with Gasteiger partial charge in [0.05, 0.1) is 7.11 Å². The van der Waals surface area contributed by atoms with E-state index >= 15 is 0 Å². The summed E-state index contributed by atoms with van der Waals surface area (Å²) in [6.45, 7) is 1.73. The summed E-state index contributed by atoms with van der Waals surface area (Å²) in [5.74, 6) is -0.0618. The third-order valence-corrected chi connectivity index (χ3v) is 6.35. The summed E-state index contributed by atoms with van der Waals surface area (Å²) in [4.78, 5) is 2.14. The SMILES string of the molecule is COc1cc(Cl)ccc1S(=O)(=O)N1CCN(c2ccc(F)cc2)CC1. The van der Waals surface area contributed by atoms with Gasteiger partial charge in [0.2, 0.25) is 10.0 Å². The maximum atomic E-state index is 13.0. The number of hydrogen-bond acceptors (Lipinski definition) is 4. The quantitative estimate of drug-likeness (QED) is 0.813. The van der Waals surface area contributed by atoms with Crippen molar-refractivity contribution in [1.29, 1.82) is 0 Å². The molecule has 0 amide bonds. The summed E-state index contributed by atoms with van der Waals surface area (Å²) in [7, 11) is -2.26. The Kier molecular flexibility index (Phi) is 5.17. The van der Waals surface area contributed by atoms with Crippen molar-refractivity contribution in [2.45, 2.75) is 4.90 Å². The lowest BCUT2D eigenvalue weighted by Crippen LogP contribution is -2.48. The van der Waals surface area contributed by atoms with Crippen molar-refractivity contribution in [3.63, 3.8) is 0 Å². The second-order valence-electron chi connectivity index (χ2n) is 5.66. The number of ether oxygens (including phenoxy) is 1. The van der Waals surface area contributed by atoms with E-state index in [2.05, 4.69) is 0 Å². The van der Waals surface area contributed by atoms with Gasteiger partial charge in [-0.3, -0.25) is 0 Å². The minimum Gasteiger partial charge on any atom is -0.495 e. The first kappa shape index (κ1) is 18.0. The standard InChI is InChI=1S/C17H18ClFN2O3S/c1-24-16-12-13(18)2-7-17(16)25(22,23)21-10-8-20(9-11-21)15-5-3-14(19)4-6-15/h2-7,12H,8-11H2,1H3. The summed E-state index contributed by atoms with van der Waals surface area (Å²) in [5, 5.41) is 0.414. The Morgan fingerprint density at radius 3 is 2.28 bits per heavy atom. The predicted octanol–water partition coefficient (Wildman–Crippen LogP) is 3.00. The lowest BCUT2D eigenvalue weighted by molar-refractivity contribution is 0.374. The summed E-state index contributed by atoms with van der Waals surface area (Å²) >= 11 is 5.91. The number of anilines is 1. The molecule has 0 aromatic heterocycles. The Morgan fingerprint density at radius 2 is 1.68 bits per heavy atom. The summed E-state index contributed by atoms with van der Waals surface area (Å²) in [6.07, 6.45) is 0. The molecule has 2 aromatic rings. The van der Waals surface area contributed by atoms with Gasteiger partial charge in [-0.15, -0.1) is 0 Å². The number of halogens is 2. The first-order chi connectivity index (χ1) is 11.9. The van der Waals surface area contributed by atoms with Crippen LogP contribution in [0.25, 0.3) is 0 Å². The Morgan fingerprint density at radius 1 is 1.04 bits per heavy atom. The van der Waals surface area contributed by atoms with Gasteiger partial charge in [0.15, 0.2) is 0 Å². The van der Waals surface area contributed by atoms with Crippen molar-refractivity contribution < 1.29 is 17.5 Å². The van der Waals surface area contributed by atoms with E-state index in [9.17, 15) is 12.8 Å². The highest BCUT2D eigenvalue weighted by molar-refractivity contribution is 7.89. The van der Waals surface area contributed by atoms with Crippen molar-refractivity contribution in [2.24, 2.45) is 0 Å². The van der Waals surface area contributed by atoms with E-state index in [0.29, 0.717) is 31.2 Å². The third-order valence-electron chi connectivity index (χ3n) is 4.17. The van der Waals surface area contributed by atoms with Gasteiger partial charge in [0, 0.05) is 43.0 Å². The van der Waals surface area contributed by atoms with Gasteiger partial charge in [-0.2, -0.15) is 4.31 Å². The van der Waals surface area contributed by atoms with Gasteiger partial charge >= 0.3 is 0 Å². The molecule has 0 unspecified atom stereocenters. The van der Waals surface area contributed by atoms with Gasteiger partial charge in [-0.05, 0) is 36.4 Å². The smallest absolute Gasteiger partial charge is 0.246 e. The Balaban J connectivity index is 1.77. The first-order valence-electron chi connectivity index (χ1n) is 7.76. The molecule has 1 heterocycles. The molecule has 1 aliphatic heterocycles. The van der Waals surface area contributed by atoms with Crippen molar-refractivity contribution in [3.05, 3.63) is 53.3 Å². The van der Waals surface area contributed by atoms with E-state index < -0.39 is 10.0 Å². The van der Waals surface area contributed by atoms with Crippen LogP contribution >= 0.6 is 11.6 Å². The van der Waals surface area contributed by atoms with Gasteiger partial charge in [-0.1, -0.05) is 11.6 Å². The summed E-state index contributed by atoms with van der Waals surface area (Å²) < 4.78 is 45.4. The number of methoxy groups -OCH3 is 1. The van der Waals surface area contributed by atoms with Crippen LogP contribution in [0.3, 0.4) is 0 Å². The van der Waals surface area contributed by atoms with Crippen LogP contribution in [0.15, 0.2) is 47.4 Å². The van der Waals surface area contributed by atoms with Gasteiger partial charge in [0.25, 0.3) is 0 Å². The van der Waals surface area contributed by atoms with Crippen molar-refractivity contribution >= 4 is 27.3 Å². The average Bonchev–Trinajstić information content (AvgIpc) is 2.62. The molecular weight excluding hydrogens is 367 g/mol. The van der Waals surface area contributed by atoms with Crippen molar-refractivity contribution in [2.75, 3.05) is 38.2 Å². The van der Waals surface area contributed by atoms with Gasteiger partial charge < -0.3 is 9.64 Å². The number of piperazine rings is 1. The maximum Gasteiger partial charge on any atom is 0.246 e. The largest absolute Gasteiger partial charge is 0.495 e. The molecule has 0 atom stereocenters. The minimum absolute atomic E-state index is 0.106. The van der Waals surface area contributed by atoms with E-state index in [0.717, 1.165) is 5.69 Å². The monoisotopic (exact) mass is 384 g/mol. The van der Waals surface area contributed by atoms with Crippen molar-refractivity contribution in [3.8, 4) is 5.75 Å². The molecule has 25 heavy (non-hydrogen) atoms. The highest BCUT2D eigenvalue weighted by atomic mass is 35.5. The Labute approximate surface area is 151 Å². The van der Waals surface area contributed by atoms with Crippen LogP contribution in [0.5, 0.6) is 5.75 Å². The number of rotatable bonds is 4. The molecule has 0 bridgehead atoms. The predicted molar refractivity (Wildman–Crippen MR) is 95.4 cm³/mol. The van der Waals surface area contributed by atoms with Crippen LogP contribution in [0, 0.1) is 5.82 Å². The maximum absolute atomic E-state index is 13.0. The van der Waals surface area contributed by atoms with Crippen LogP contribution in [-0.2, 0) is 10.0 Å². The molecule has 0 N–H and O–H groups in total. The second-order valence-corrected chi connectivity index (χ2v) is 8.01. The van der Waals surface area contributed by atoms with Crippen LogP contribution in [-0.4, -0.2) is 46.0 Å². The molecule has 3 rings (SSSR count). The van der Waals surface area contributed by atoms with E-state index in [4.69, 9.17) is 16.3 Å². The fraction of sp³-hybridized carbons (Fsp3) is 0.294. The normalized spacial score (nSPS) is 16.0. The number of nitrogens with zero attached hydrogens (tertiary/aromatic N) is 2. The minimum atomic E-state index is -3.67. The number of hydrogen-bond donors (Lipinski definition) is 0. The van der Waals surface area contributed by atoms with Gasteiger partial charge in [-0.25, -0.2) is 12.8 Å². The van der Waals surface area contributed by atoms with Crippen molar-refractivity contribution in [1.82, 2.24) is 4.31 Å². The van der Waals surface area contributed by atoms with Crippen LogP contribution < -0.4 is 9.64 Å². The molecule has 134 valence electrons. The zero-order chi connectivity index (χ0) is 18.0. The topological polar surface area (TPSA) is 49.9 Å². The molecule has 0 spiro atoms. The Bertz CT molecular complexity index is 851. The van der Waals surface area contributed by atoms with E-state index in [1.165, 1.54) is 41.7 Å². The first-order valence-corrected chi connectivity index (χ1v) is 9.58. The fourth-order valence-corrected chi connectivity index (χ4v) is 4.55. The molecule has 1 aliphatic rings. The van der Waals surface area contributed by atoms with E-state index in [1.807, 2.05) is 4.90 Å². The highest BCUT2D eigenvalue weighted by Crippen LogP contribution is 2.30. The van der Waals surface area contributed by atoms with Gasteiger partial charge in [0.1, 0.15) is 16.5 Å². The van der Waals surface area contributed by atoms with E-state index in [-0.39, 0.29) is 16.5 Å². The lowest BCUT2D eigenvalue weighted by Gasteiger charge is -2.35. The molecule has 0 radical (unpaired) electrons. The number of sulfonamides is 1. The van der Waals surface area contributed by atoms with Crippen LogP contribution in [0.2, 0.25) is 5.02 Å². The fourth-order valence-electron chi connectivity index (χ4n) is 2.83. The average molecular weight is 385 g/mol. The molecule has 8 heteroatoms. The zero-order valence-electron chi connectivity index (χ0n) is 13.7. The summed E-state index contributed by atoms with van der Waals surface area (Å²) in [6, 6.07) is 10.7. The molecule has 2 aromatic carbocycles. The van der Waals surface area contributed by atoms with E-state index in [1.54, 1.807) is 12.1 Å². The molecule has 1 fully saturated rings. The Hall–Kier alpha value is -1.83. The molecule has 0 aliphatic carbocycles. The van der Waals surface area contributed by atoms with Crippen LogP contribution in [0.4, 0.5) is 10.1 Å². The molecule has 0 saturated carbocycles. The zero-order valence-corrected chi connectivity index (χ0v) is 15.2.